The van der Waals surface area contributed by atoms with Crippen LogP contribution in [0.25, 0.3) is 11.4 Å². The van der Waals surface area contributed by atoms with Gasteiger partial charge in [0.2, 0.25) is 0 Å². The molecule has 0 saturated heterocycles. The van der Waals surface area contributed by atoms with Crippen LogP contribution in [0.4, 0.5) is 5.82 Å². The van der Waals surface area contributed by atoms with Crippen molar-refractivity contribution in [3.05, 3.63) is 11.8 Å². The predicted octanol–water partition coefficient (Wildman–Crippen LogP) is 0.360. The van der Waals surface area contributed by atoms with E-state index in [-0.39, 0.29) is 0 Å². The van der Waals surface area contributed by atoms with Gasteiger partial charge in [-0.3, -0.25) is 4.68 Å². The number of anilines is 1. The highest BCUT2D eigenvalue weighted by molar-refractivity contribution is 5.64. The molecule has 0 aliphatic rings. The Morgan fingerprint density at radius 2 is 2.07 bits per heavy atom. The molecule has 6 nitrogen and oxygen atoms in total. The minimum atomic E-state index is 0.693. The first-order valence-electron chi connectivity index (χ1n) is 4.81. The summed E-state index contributed by atoms with van der Waals surface area (Å²) in [6, 6.07) is 0. The summed E-state index contributed by atoms with van der Waals surface area (Å²) < 4.78 is 1.67. The van der Waals surface area contributed by atoms with E-state index in [4.69, 9.17) is 5.73 Å². The second-order valence-corrected chi connectivity index (χ2v) is 3.41. The fourth-order valence-electron chi connectivity index (χ4n) is 1.59. The first kappa shape index (κ1) is 9.70. The molecule has 0 spiro atoms. The van der Waals surface area contributed by atoms with Crippen molar-refractivity contribution in [1.82, 2.24) is 24.8 Å². The van der Waals surface area contributed by atoms with Crippen LogP contribution in [0, 0.1) is 0 Å². The molecule has 0 aliphatic heterocycles. The Labute approximate surface area is 87.7 Å². The van der Waals surface area contributed by atoms with E-state index in [9.17, 15) is 0 Å². The lowest BCUT2D eigenvalue weighted by atomic mass is 10.1. The molecule has 2 N–H and O–H groups in total. The van der Waals surface area contributed by atoms with E-state index in [2.05, 4.69) is 15.3 Å². The van der Waals surface area contributed by atoms with Gasteiger partial charge in [0.25, 0.3) is 0 Å². The van der Waals surface area contributed by atoms with Crippen LogP contribution in [0.3, 0.4) is 0 Å². The van der Waals surface area contributed by atoms with E-state index in [1.54, 1.807) is 17.9 Å². The summed E-state index contributed by atoms with van der Waals surface area (Å²) in [5.74, 6) is 0.693. The largest absolute Gasteiger partial charge is 0.384 e. The van der Waals surface area contributed by atoms with Gasteiger partial charge in [-0.1, -0.05) is 6.92 Å². The number of nitrogens with two attached hydrogens (primary N) is 1. The maximum absolute atomic E-state index is 5.90. The number of nitrogen functional groups attached to an aromatic ring is 1. The Bertz CT molecular complexity index is 481. The number of aromatic nitrogens is 5. The van der Waals surface area contributed by atoms with E-state index in [1.165, 1.54) is 4.80 Å². The lowest BCUT2D eigenvalue weighted by Crippen LogP contribution is -1.98. The summed E-state index contributed by atoms with van der Waals surface area (Å²) in [7, 11) is 3.61. The van der Waals surface area contributed by atoms with Crippen molar-refractivity contribution in [3.63, 3.8) is 0 Å². The van der Waals surface area contributed by atoms with E-state index >= 15 is 0 Å². The summed E-state index contributed by atoms with van der Waals surface area (Å²) in [5.41, 5.74) is 8.52. The van der Waals surface area contributed by atoms with Crippen LogP contribution in [0.5, 0.6) is 0 Å². The van der Waals surface area contributed by atoms with Gasteiger partial charge < -0.3 is 5.73 Å². The topological polar surface area (TPSA) is 74.5 Å². The van der Waals surface area contributed by atoms with Gasteiger partial charge in [0.05, 0.1) is 6.20 Å². The highest BCUT2D eigenvalue weighted by Crippen LogP contribution is 2.24. The molecule has 0 unspecified atom stereocenters. The Morgan fingerprint density at radius 3 is 2.60 bits per heavy atom. The zero-order valence-corrected chi connectivity index (χ0v) is 9.10. The van der Waals surface area contributed by atoms with Gasteiger partial charge in [-0.2, -0.15) is 20.1 Å². The van der Waals surface area contributed by atoms with Crippen molar-refractivity contribution >= 4 is 5.82 Å². The number of rotatable bonds is 2. The van der Waals surface area contributed by atoms with Gasteiger partial charge in [0.15, 0.2) is 0 Å². The molecular formula is C9H14N6. The minimum Gasteiger partial charge on any atom is -0.384 e. The molecule has 0 amide bonds. The van der Waals surface area contributed by atoms with Crippen LogP contribution >= 0.6 is 0 Å². The quantitative estimate of drug-likeness (QED) is 0.769. The summed E-state index contributed by atoms with van der Waals surface area (Å²) in [5, 5.41) is 12.6. The Hall–Kier alpha value is -1.85. The summed E-state index contributed by atoms with van der Waals surface area (Å²) in [6.07, 6.45) is 2.53. The number of nitrogens with zero attached hydrogens (tertiary/aromatic N) is 5. The maximum atomic E-state index is 5.90. The van der Waals surface area contributed by atoms with Crippen LogP contribution in [-0.2, 0) is 20.5 Å². The van der Waals surface area contributed by atoms with Crippen LogP contribution in [0.15, 0.2) is 6.20 Å². The maximum Gasteiger partial charge on any atom is 0.133 e. The van der Waals surface area contributed by atoms with Gasteiger partial charge in [-0.25, -0.2) is 0 Å². The average Bonchev–Trinajstić information content (AvgIpc) is 2.73. The van der Waals surface area contributed by atoms with Crippen LogP contribution in [0.1, 0.15) is 12.5 Å². The zero-order chi connectivity index (χ0) is 11.0. The molecule has 2 aromatic heterocycles. The van der Waals surface area contributed by atoms with E-state index in [0.717, 1.165) is 23.4 Å². The molecule has 0 fully saturated rings. The molecular weight excluding hydrogens is 192 g/mol. The normalized spacial score (nSPS) is 10.9. The van der Waals surface area contributed by atoms with Crippen molar-refractivity contribution in [1.29, 1.82) is 0 Å². The first-order valence-corrected chi connectivity index (χ1v) is 4.81. The number of hydrogen-bond acceptors (Lipinski definition) is 4. The fourth-order valence-corrected chi connectivity index (χ4v) is 1.59. The predicted molar refractivity (Wildman–Crippen MR) is 57.0 cm³/mol. The van der Waals surface area contributed by atoms with Crippen molar-refractivity contribution in [2.24, 2.45) is 14.1 Å². The molecule has 0 saturated carbocycles. The van der Waals surface area contributed by atoms with Crippen LogP contribution in [-0.4, -0.2) is 24.8 Å². The fraction of sp³-hybridized carbons (Fsp3) is 0.444. The lowest BCUT2D eigenvalue weighted by Gasteiger charge is -1.96. The van der Waals surface area contributed by atoms with E-state index < -0.39 is 0 Å². The highest BCUT2D eigenvalue weighted by atomic mass is 15.5. The molecule has 80 valence electrons. The smallest absolute Gasteiger partial charge is 0.133 e. The zero-order valence-electron chi connectivity index (χ0n) is 9.10. The Kier molecular flexibility index (Phi) is 2.18. The highest BCUT2D eigenvalue weighted by Gasteiger charge is 2.15. The average molecular weight is 206 g/mol. The van der Waals surface area contributed by atoms with Crippen molar-refractivity contribution in [2.75, 3.05) is 5.73 Å². The minimum absolute atomic E-state index is 0.693. The van der Waals surface area contributed by atoms with Crippen molar-refractivity contribution in [2.45, 2.75) is 13.3 Å². The van der Waals surface area contributed by atoms with E-state index in [1.807, 2.05) is 14.0 Å². The van der Waals surface area contributed by atoms with Crippen molar-refractivity contribution in [3.8, 4) is 11.4 Å². The third kappa shape index (κ3) is 1.47. The van der Waals surface area contributed by atoms with E-state index in [0.29, 0.717) is 5.82 Å². The molecule has 0 aromatic carbocycles. The van der Waals surface area contributed by atoms with Gasteiger partial charge in [0, 0.05) is 19.7 Å². The second-order valence-electron chi connectivity index (χ2n) is 3.41. The Morgan fingerprint density at radius 1 is 1.33 bits per heavy atom. The van der Waals surface area contributed by atoms with Crippen LogP contribution in [0.2, 0.25) is 0 Å². The molecule has 0 bridgehead atoms. The molecule has 6 heteroatoms. The summed E-state index contributed by atoms with van der Waals surface area (Å²) >= 11 is 0. The van der Waals surface area contributed by atoms with Crippen molar-refractivity contribution < 1.29 is 0 Å². The lowest BCUT2D eigenvalue weighted by molar-refractivity contribution is 0.654. The van der Waals surface area contributed by atoms with Gasteiger partial charge >= 0.3 is 0 Å². The molecule has 15 heavy (non-hydrogen) atoms. The van der Waals surface area contributed by atoms with Crippen LogP contribution < -0.4 is 5.73 Å². The number of aryl methyl sites for hydroxylation is 2. The monoisotopic (exact) mass is 206 g/mol. The second kappa shape index (κ2) is 3.38. The SMILES string of the molecule is CCc1c(-c2cnn(C)n2)nn(C)c1N. The molecule has 2 rings (SSSR count). The molecule has 0 aliphatic carbocycles. The first-order chi connectivity index (χ1) is 7.13. The summed E-state index contributed by atoms with van der Waals surface area (Å²) in [6.45, 7) is 2.05. The third-order valence-electron chi connectivity index (χ3n) is 2.39. The van der Waals surface area contributed by atoms with Gasteiger partial charge in [-0.05, 0) is 6.42 Å². The molecule has 0 atom stereocenters. The molecule has 0 radical (unpaired) electrons. The van der Waals surface area contributed by atoms with Gasteiger partial charge in [0.1, 0.15) is 17.2 Å². The molecule has 2 heterocycles. The Balaban J connectivity index is 2.57. The van der Waals surface area contributed by atoms with Gasteiger partial charge in [-0.15, -0.1) is 0 Å². The standard InChI is InChI=1S/C9H14N6/c1-4-6-8(13-14(2)9(6)10)7-5-11-15(3)12-7/h5H,4,10H2,1-3H3. The number of hydrogen-bond donors (Lipinski definition) is 1. The summed E-state index contributed by atoms with van der Waals surface area (Å²) in [4.78, 5) is 1.51. The third-order valence-corrected chi connectivity index (χ3v) is 2.39. The molecule has 2 aromatic rings.